The number of alkyl halides is 1. The smallest absolute Gasteiger partial charge is 0.251 e. The molecule has 1 heterocycles. The molecule has 5 heteroatoms. The van der Waals surface area contributed by atoms with Gasteiger partial charge in [-0.05, 0) is 43.9 Å². The molecule has 0 bridgehead atoms. The van der Waals surface area contributed by atoms with Crippen LogP contribution in [0.3, 0.4) is 0 Å². The first-order chi connectivity index (χ1) is 10.1. The zero-order chi connectivity index (χ0) is 15.2. The number of nitrogens with zero attached hydrogens (tertiary/aromatic N) is 1. The van der Waals surface area contributed by atoms with E-state index < -0.39 is 0 Å². The fourth-order valence-electron chi connectivity index (χ4n) is 2.11. The van der Waals surface area contributed by atoms with Gasteiger partial charge in [0.15, 0.2) is 0 Å². The van der Waals surface area contributed by atoms with Crippen LogP contribution in [0.5, 0.6) is 0 Å². The Balaban J connectivity index is 2.02. The number of rotatable bonds is 6. The van der Waals surface area contributed by atoms with E-state index in [1.165, 1.54) is 0 Å². The molecule has 1 amide bonds. The fraction of sp³-hybridized carbons (Fsp3) is 0.312. The van der Waals surface area contributed by atoms with Crippen molar-refractivity contribution in [2.45, 2.75) is 11.9 Å². The number of carbonyl (C=O) groups is 1. The Kier molecular flexibility index (Phi) is 5.42. The minimum Gasteiger partial charge on any atom is -0.468 e. The third kappa shape index (κ3) is 4.09. The molecule has 1 N–H and O–H groups in total. The average molecular weight is 307 g/mol. The van der Waals surface area contributed by atoms with Crippen molar-refractivity contribution < 1.29 is 9.21 Å². The van der Waals surface area contributed by atoms with Crippen LogP contribution >= 0.6 is 11.6 Å². The number of furan rings is 1. The minimum atomic E-state index is -0.111. The summed E-state index contributed by atoms with van der Waals surface area (Å²) in [6, 6.07) is 11.1. The summed E-state index contributed by atoms with van der Waals surface area (Å²) in [6.07, 6.45) is 1.64. The molecule has 1 aromatic carbocycles. The molecular weight excluding hydrogens is 288 g/mol. The Bertz CT molecular complexity index is 582. The fourth-order valence-corrected chi connectivity index (χ4v) is 2.27. The molecule has 0 saturated carbocycles. The Morgan fingerprint density at radius 3 is 2.76 bits per heavy atom. The van der Waals surface area contributed by atoms with Crippen molar-refractivity contribution in [3.63, 3.8) is 0 Å². The van der Waals surface area contributed by atoms with Crippen LogP contribution in [0.15, 0.2) is 47.1 Å². The van der Waals surface area contributed by atoms with Crippen LogP contribution in [0.4, 0.5) is 0 Å². The van der Waals surface area contributed by atoms with Crippen LogP contribution in [0, 0.1) is 0 Å². The second kappa shape index (κ2) is 7.29. The summed E-state index contributed by atoms with van der Waals surface area (Å²) in [4.78, 5) is 14.2. The second-order valence-corrected chi connectivity index (χ2v) is 5.31. The van der Waals surface area contributed by atoms with Gasteiger partial charge in [0.2, 0.25) is 0 Å². The molecule has 112 valence electrons. The summed E-state index contributed by atoms with van der Waals surface area (Å²) in [5.74, 6) is 1.11. The average Bonchev–Trinajstić information content (AvgIpc) is 3.01. The maximum Gasteiger partial charge on any atom is 0.251 e. The Hall–Kier alpha value is -1.78. The molecule has 4 nitrogen and oxygen atoms in total. The lowest BCUT2D eigenvalue weighted by molar-refractivity contribution is 0.0939. The molecule has 0 saturated heterocycles. The van der Waals surface area contributed by atoms with Crippen LogP contribution < -0.4 is 5.32 Å². The van der Waals surface area contributed by atoms with Crippen LogP contribution in [0.2, 0.25) is 0 Å². The Morgan fingerprint density at radius 1 is 1.33 bits per heavy atom. The standard InChI is InChI=1S/C16H19ClN2O2/c1-19(2)14(15-7-4-8-21-15)11-18-16(20)13-6-3-5-12(9-13)10-17/h3-9,14H,10-11H2,1-2H3,(H,18,20). The van der Waals surface area contributed by atoms with Gasteiger partial charge >= 0.3 is 0 Å². The predicted molar refractivity (Wildman–Crippen MR) is 83.5 cm³/mol. The highest BCUT2D eigenvalue weighted by Gasteiger charge is 2.18. The molecule has 0 aliphatic rings. The summed E-state index contributed by atoms with van der Waals surface area (Å²) >= 11 is 5.79. The zero-order valence-electron chi connectivity index (χ0n) is 12.2. The highest BCUT2D eigenvalue weighted by Crippen LogP contribution is 2.17. The third-order valence-electron chi connectivity index (χ3n) is 3.29. The van der Waals surface area contributed by atoms with Gasteiger partial charge in [-0.25, -0.2) is 0 Å². The van der Waals surface area contributed by atoms with Crippen LogP contribution in [-0.2, 0) is 5.88 Å². The lowest BCUT2D eigenvalue weighted by atomic mass is 10.1. The highest BCUT2D eigenvalue weighted by molar-refractivity contribution is 6.17. The molecule has 2 rings (SSSR count). The van der Waals surface area contributed by atoms with E-state index in [4.69, 9.17) is 16.0 Å². The van der Waals surface area contributed by atoms with Gasteiger partial charge in [-0.15, -0.1) is 11.6 Å². The quantitative estimate of drug-likeness (QED) is 0.834. The first-order valence-electron chi connectivity index (χ1n) is 6.74. The lowest BCUT2D eigenvalue weighted by Gasteiger charge is -2.22. The van der Waals surface area contributed by atoms with Gasteiger partial charge < -0.3 is 9.73 Å². The number of carbonyl (C=O) groups excluding carboxylic acids is 1. The van der Waals surface area contributed by atoms with E-state index in [9.17, 15) is 4.79 Å². The number of hydrogen-bond donors (Lipinski definition) is 1. The summed E-state index contributed by atoms with van der Waals surface area (Å²) in [6.45, 7) is 0.477. The number of hydrogen-bond acceptors (Lipinski definition) is 3. The number of nitrogens with one attached hydrogen (secondary N) is 1. The Morgan fingerprint density at radius 2 is 2.14 bits per heavy atom. The number of halogens is 1. The minimum absolute atomic E-state index is 0.000148. The van der Waals surface area contributed by atoms with Crippen molar-refractivity contribution in [3.8, 4) is 0 Å². The van der Waals surface area contributed by atoms with Crippen LogP contribution in [0.25, 0.3) is 0 Å². The van der Waals surface area contributed by atoms with Crippen molar-refractivity contribution in [1.29, 1.82) is 0 Å². The van der Waals surface area contributed by atoms with Crippen molar-refractivity contribution >= 4 is 17.5 Å². The van der Waals surface area contributed by atoms with Crippen LogP contribution in [-0.4, -0.2) is 31.4 Å². The molecule has 0 fully saturated rings. The van der Waals surface area contributed by atoms with Crippen LogP contribution in [0.1, 0.15) is 27.7 Å². The van der Waals surface area contributed by atoms with Crippen molar-refractivity contribution in [2.75, 3.05) is 20.6 Å². The first kappa shape index (κ1) is 15.6. The summed E-state index contributed by atoms with van der Waals surface area (Å²) in [5.41, 5.74) is 1.55. The van der Waals surface area contributed by atoms with Gasteiger partial charge in [0.25, 0.3) is 5.91 Å². The summed E-state index contributed by atoms with van der Waals surface area (Å²) < 4.78 is 5.42. The van der Waals surface area contributed by atoms with Crippen molar-refractivity contribution in [3.05, 3.63) is 59.5 Å². The van der Waals surface area contributed by atoms with E-state index in [0.717, 1.165) is 11.3 Å². The molecule has 1 aromatic heterocycles. The lowest BCUT2D eigenvalue weighted by Crippen LogP contribution is -2.34. The van der Waals surface area contributed by atoms with E-state index >= 15 is 0 Å². The van der Waals surface area contributed by atoms with Gasteiger partial charge in [0, 0.05) is 18.0 Å². The molecule has 2 aromatic rings. The topological polar surface area (TPSA) is 45.5 Å². The SMILES string of the molecule is CN(C)C(CNC(=O)c1cccc(CCl)c1)c1ccco1. The van der Waals surface area contributed by atoms with E-state index in [0.29, 0.717) is 18.0 Å². The maximum absolute atomic E-state index is 12.2. The normalized spacial score (nSPS) is 12.4. The predicted octanol–water partition coefficient (Wildman–Crippen LogP) is 3.05. The summed E-state index contributed by atoms with van der Waals surface area (Å²) in [7, 11) is 3.90. The van der Waals surface area contributed by atoms with Gasteiger partial charge in [-0.1, -0.05) is 12.1 Å². The zero-order valence-corrected chi connectivity index (χ0v) is 12.9. The Labute approximate surface area is 129 Å². The number of amides is 1. The van der Waals surface area contributed by atoms with Gasteiger partial charge in [0.05, 0.1) is 12.3 Å². The molecule has 1 atom stereocenters. The van der Waals surface area contributed by atoms with Crippen molar-refractivity contribution in [1.82, 2.24) is 10.2 Å². The molecule has 0 aliphatic heterocycles. The van der Waals surface area contributed by atoms with Gasteiger partial charge in [-0.2, -0.15) is 0 Å². The summed E-state index contributed by atoms with van der Waals surface area (Å²) in [5, 5.41) is 2.94. The second-order valence-electron chi connectivity index (χ2n) is 5.04. The molecule has 21 heavy (non-hydrogen) atoms. The number of likely N-dealkylation sites (N-methyl/N-ethyl adjacent to an activating group) is 1. The van der Waals surface area contributed by atoms with E-state index in [1.54, 1.807) is 18.4 Å². The largest absolute Gasteiger partial charge is 0.468 e. The third-order valence-corrected chi connectivity index (χ3v) is 3.60. The molecule has 0 spiro atoms. The van der Waals surface area contributed by atoms with Crippen molar-refractivity contribution in [2.24, 2.45) is 0 Å². The van der Waals surface area contributed by atoms with E-state index in [-0.39, 0.29) is 11.9 Å². The van der Waals surface area contributed by atoms with Gasteiger partial charge in [0.1, 0.15) is 5.76 Å². The van der Waals surface area contributed by atoms with E-state index in [1.807, 2.05) is 43.3 Å². The monoisotopic (exact) mass is 306 g/mol. The molecule has 1 unspecified atom stereocenters. The first-order valence-corrected chi connectivity index (χ1v) is 7.28. The maximum atomic E-state index is 12.2. The van der Waals surface area contributed by atoms with E-state index in [2.05, 4.69) is 5.32 Å². The van der Waals surface area contributed by atoms with Gasteiger partial charge in [-0.3, -0.25) is 9.69 Å². The number of benzene rings is 1. The molecule has 0 radical (unpaired) electrons. The molecule has 0 aliphatic carbocycles. The molecular formula is C16H19ClN2O2. The highest BCUT2D eigenvalue weighted by atomic mass is 35.5.